The molecule has 6 aromatic rings. The number of anilines is 2. The number of carbonyl (C=O) groups is 2. The van der Waals surface area contributed by atoms with Crippen LogP contribution in [0.25, 0.3) is 22.5 Å². The number of hydrogen-bond acceptors (Lipinski definition) is 7. The molecule has 6 rings (SSSR count). The average molecular weight is 818 g/mol. The summed E-state index contributed by atoms with van der Waals surface area (Å²) in [7, 11) is 0. The molecule has 13 heteroatoms. The molecule has 4 aromatic carbocycles. The molecule has 248 valence electrons. The first-order chi connectivity index (χ1) is 23.8. The second-order valence-electron chi connectivity index (χ2n) is 10.6. The van der Waals surface area contributed by atoms with Gasteiger partial charge in [-0.3, -0.25) is 30.4 Å². The number of amides is 2. The fraction of sp³-hybridized carbons (Fsp3) is 0.111. The van der Waals surface area contributed by atoms with E-state index in [4.69, 9.17) is 0 Å². The lowest BCUT2D eigenvalue weighted by Crippen LogP contribution is -2.31. The Labute approximate surface area is 307 Å². The number of carbonyl (C=O) groups excluding carboxylic acids is 2. The maximum Gasteiger partial charge on any atom is 0.272 e. The minimum Gasteiger partial charge on any atom is -0.355 e. The number of nitrogens with one attached hydrogen (secondary N) is 3. The van der Waals surface area contributed by atoms with E-state index in [9.17, 15) is 9.59 Å². The monoisotopic (exact) mass is 815 g/mol. The summed E-state index contributed by atoms with van der Waals surface area (Å²) in [4.78, 5) is 37.7. The summed E-state index contributed by atoms with van der Waals surface area (Å²) in [5.41, 5.74) is 11.9. The third kappa shape index (κ3) is 8.02. The van der Waals surface area contributed by atoms with Gasteiger partial charge in [0.15, 0.2) is 0 Å². The largest absolute Gasteiger partial charge is 0.355 e. The number of benzene rings is 4. The summed E-state index contributed by atoms with van der Waals surface area (Å²) in [6.45, 7) is 5.08. The van der Waals surface area contributed by atoms with Gasteiger partial charge in [-0.15, -0.1) is 22.7 Å². The van der Waals surface area contributed by atoms with E-state index >= 15 is 0 Å². The van der Waals surface area contributed by atoms with Gasteiger partial charge in [0.2, 0.25) is 9.60 Å². The van der Waals surface area contributed by atoms with E-state index in [1.54, 1.807) is 27.6 Å². The summed E-state index contributed by atoms with van der Waals surface area (Å²) in [5.74, 6) is -0.570. The van der Waals surface area contributed by atoms with E-state index in [0.717, 1.165) is 37.1 Å². The van der Waals surface area contributed by atoms with Crippen LogP contribution in [0.1, 0.15) is 34.6 Å². The molecule has 49 heavy (non-hydrogen) atoms. The number of aromatic nitrogens is 2. The SMILES string of the molecule is CCN=c1scc(-c2ccc(Br)cc2)n1NC(=O)c1ccc(Nc2ccccc2C(=O)Nn2c(-c3ccc(Br)cc3)csc2=NCC)cc1. The number of para-hydroxylation sites is 1. The topological polar surface area (TPSA) is 105 Å². The van der Waals surface area contributed by atoms with Crippen LogP contribution in [0.15, 0.2) is 127 Å². The molecule has 2 amide bonds. The van der Waals surface area contributed by atoms with Crippen molar-refractivity contribution in [3.05, 3.63) is 137 Å². The third-order valence-electron chi connectivity index (χ3n) is 7.31. The van der Waals surface area contributed by atoms with Crippen molar-refractivity contribution < 1.29 is 9.59 Å². The van der Waals surface area contributed by atoms with Gasteiger partial charge in [0, 0.05) is 55.2 Å². The van der Waals surface area contributed by atoms with Crippen LogP contribution in [-0.4, -0.2) is 34.3 Å². The molecular weight excluding hydrogens is 786 g/mol. The first kappa shape index (κ1) is 34.3. The Hall–Kier alpha value is -4.56. The molecule has 9 nitrogen and oxygen atoms in total. The van der Waals surface area contributed by atoms with E-state index in [-0.39, 0.29) is 11.8 Å². The zero-order valence-electron chi connectivity index (χ0n) is 26.5. The molecule has 0 saturated carbocycles. The van der Waals surface area contributed by atoms with Crippen molar-refractivity contribution in [1.82, 2.24) is 9.35 Å². The van der Waals surface area contributed by atoms with Crippen molar-refractivity contribution in [2.45, 2.75) is 13.8 Å². The van der Waals surface area contributed by atoms with Crippen LogP contribution in [0.3, 0.4) is 0 Å². The molecule has 2 aromatic heterocycles. The van der Waals surface area contributed by atoms with Crippen molar-refractivity contribution in [3.8, 4) is 22.5 Å². The summed E-state index contributed by atoms with van der Waals surface area (Å²) >= 11 is 9.91. The minimum absolute atomic E-state index is 0.275. The summed E-state index contributed by atoms with van der Waals surface area (Å²) in [6, 6.07) is 30.2. The molecule has 0 saturated heterocycles. The molecule has 0 aliphatic carbocycles. The normalized spacial score (nSPS) is 11.8. The van der Waals surface area contributed by atoms with Crippen LogP contribution < -0.4 is 25.8 Å². The Bertz CT molecular complexity index is 2240. The van der Waals surface area contributed by atoms with Gasteiger partial charge in [0.05, 0.1) is 22.6 Å². The number of hydrogen-bond donors (Lipinski definition) is 3. The summed E-state index contributed by atoms with van der Waals surface area (Å²) in [6.07, 6.45) is 0. The first-order valence-electron chi connectivity index (χ1n) is 15.4. The molecule has 0 atom stereocenters. The molecule has 3 N–H and O–H groups in total. The maximum atomic E-state index is 13.8. The molecule has 0 unspecified atom stereocenters. The smallest absolute Gasteiger partial charge is 0.272 e. The van der Waals surface area contributed by atoms with Crippen LogP contribution in [0.4, 0.5) is 11.4 Å². The highest BCUT2D eigenvalue weighted by molar-refractivity contribution is 9.10. The van der Waals surface area contributed by atoms with Gasteiger partial charge in [-0.05, 0) is 74.5 Å². The molecule has 0 spiro atoms. The Balaban J connectivity index is 1.21. The molecule has 2 heterocycles. The number of nitrogens with zero attached hydrogens (tertiary/aromatic N) is 4. The second-order valence-corrected chi connectivity index (χ2v) is 14.1. The standard InChI is InChI=1S/C36H31Br2N7O2S2/c1-3-39-35-44(31(21-48-35)23-9-15-26(37)16-10-23)42-33(46)25-13-19-28(20-14-25)41-30-8-6-5-7-29(30)34(47)43-45-32(22-49-36(45)40-4-2)24-11-17-27(38)18-12-24/h5-22,41H,3-4H2,1-2H3,(H,42,46)(H,43,47). The van der Waals surface area contributed by atoms with Gasteiger partial charge in [-0.1, -0.05) is 68.3 Å². The van der Waals surface area contributed by atoms with Crippen LogP contribution in [0.5, 0.6) is 0 Å². The number of rotatable bonds is 10. The lowest BCUT2D eigenvalue weighted by molar-refractivity contribution is 0.1000. The minimum atomic E-state index is -0.295. The first-order valence-corrected chi connectivity index (χ1v) is 18.7. The molecule has 0 bridgehead atoms. The highest BCUT2D eigenvalue weighted by atomic mass is 79.9. The average Bonchev–Trinajstić information content (AvgIpc) is 3.69. The predicted molar refractivity (Wildman–Crippen MR) is 207 cm³/mol. The van der Waals surface area contributed by atoms with E-state index in [1.807, 2.05) is 103 Å². The van der Waals surface area contributed by atoms with Crippen LogP contribution in [0.2, 0.25) is 0 Å². The Kier molecular flexibility index (Phi) is 11.0. The zero-order chi connectivity index (χ0) is 34.3. The van der Waals surface area contributed by atoms with Crippen molar-refractivity contribution in [3.63, 3.8) is 0 Å². The highest BCUT2D eigenvalue weighted by Crippen LogP contribution is 2.25. The van der Waals surface area contributed by atoms with Gasteiger partial charge in [-0.2, -0.15) is 0 Å². The van der Waals surface area contributed by atoms with Gasteiger partial charge in [-0.25, -0.2) is 9.35 Å². The van der Waals surface area contributed by atoms with Crippen molar-refractivity contribution in [1.29, 1.82) is 0 Å². The van der Waals surface area contributed by atoms with Gasteiger partial charge in [0.1, 0.15) is 0 Å². The fourth-order valence-electron chi connectivity index (χ4n) is 4.95. The number of thiazole rings is 2. The molecule has 0 aliphatic heterocycles. The second kappa shape index (κ2) is 15.8. The lowest BCUT2D eigenvalue weighted by atomic mass is 10.1. The third-order valence-corrected chi connectivity index (χ3v) is 10.1. The van der Waals surface area contributed by atoms with E-state index in [0.29, 0.717) is 39.5 Å². The van der Waals surface area contributed by atoms with Gasteiger partial charge >= 0.3 is 0 Å². The maximum absolute atomic E-state index is 13.8. The van der Waals surface area contributed by atoms with Crippen LogP contribution in [-0.2, 0) is 0 Å². The molecule has 0 aliphatic rings. The van der Waals surface area contributed by atoms with Gasteiger partial charge in [0.25, 0.3) is 11.8 Å². The highest BCUT2D eigenvalue weighted by Gasteiger charge is 2.17. The molecule has 0 radical (unpaired) electrons. The summed E-state index contributed by atoms with van der Waals surface area (Å²) in [5, 5.41) is 7.31. The fourth-order valence-corrected chi connectivity index (χ4v) is 7.30. The van der Waals surface area contributed by atoms with E-state index < -0.39 is 0 Å². The van der Waals surface area contributed by atoms with Crippen LogP contribution >= 0.6 is 54.5 Å². The Morgan fingerprint density at radius 1 is 0.653 bits per heavy atom. The van der Waals surface area contributed by atoms with E-state index in [2.05, 4.69) is 58.0 Å². The number of halogens is 2. The quantitative estimate of drug-likeness (QED) is 0.129. The van der Waals surface area contributed by atoms with Gasteiger partial charge < -0.3 is 5.32 Å². The van der Waals surface area contributed by atoms with Crippen molar-refractivity contribution >= 4 is 77.7 Å². The molecule has 0 fully saturated rings. The predicted octanol–water partition coefficient (Wildman–Crippen LogP) is 8.62. The molecular formula is C36H31Br2N7O2S2. The lowest BCUT2D eigenvalue weighted by Gasteiger charge is -2.15. The van der Waals surface area contributed by atoms with Crippen LogP contribution in [0, 0.1) is 0 Å². The Morgan fingerprint density at radius 3 is 1.65 bits per heavy atom. The van der Waals surface area contributed by atoms with Crippen molar-refractivity contribution in [2.75, 3.05) is 29.3 Å². The zero-order valence-corrected chi connectivity index (χ0v) is 31.3. The van der Waals surface area contributed by atoms with E-state index in [1.165, 1.54) is 22.7 Å². The Morgan fingerprint density at radius 2 is 1.14 bits per heavy atom. The van der Waals surface area contributed by atoms with Crippen molar-refractivity contribution in [2.24, 2.45) is 9.98 Å². The summed E-state index contributed by atoms with van der Waals surface area (Å²) < 4.78 is 5.41.